The van der Waals surface area contributed by atoms with Crippen LogP contribution in [0.2, 0.25) is 0 Å². The van der Waals surface area contributed by atoms with E-state index in [2.05, 4.69) is 28.2 Å². The topological polar surface area (TPSA) is 48.9 Å². The van der Waals surface area contributed by atoms with Gasteiger partial charge in [-0.3, -0.25) is 0 Å². The maximum absolute atomic E-state index is 9.52. The lowest BCUT2D eigenvalue weighted by Crippen LogP contribution is -2.19. The average Bonchev–Trinajstić information content (AvgIpc) is 2.71. The number of hydrogen-bond acceptors (Lipinski definition) is 2. The quantitative estimate of drug-likeness (QED) is 0.853. The highest BCUT2D eigenvalue weighted by Crippen LogP contribution is 2.28. The third-order valence-corrected chi connectivity index (χ3v) is 4.01. The highest BCUT2D eigenvalue weighted by molar-refractivity contribution is 5.75. The Balaban J connectivity index is 1.74. The molecule has 96 valence electrons. The molecule has 1 saturated carbocycles. The van der Waals surface area contributed by atoms with Gasteiger partial charge in [-0.2, -0.15) is 0 Å². The molecule has 0 unspecified atom stereocenters. The van der Waals surface area contributed by atoms with Crippen LogP contribution in [0.3, 0.4) is 0 Å². The van der Waals surface area contributed by atoms with Crippen molar-refractivity contribution in [3.05, 3.63) is 29.6 Å². The molecule has 0 bridgehead atoms. The van der Waals surface area contributed by atoms with Gasteiger partial charge in [0.1, 0.15) is 5.82 Å². The van der Waals surface area contributed by atoms with E-state index in [0.29, 0.717) is 0 Å². The number of aromatic amines is 1. The van der Waals surface area contributed by atoms with Crippen molar-refractivity contribution in [2.24, 2.45) is 5.92 Å². The first-order valence-corrected chi connectivity index (χ1v) is 6.84. The number of aryl methyl sites for hydroxylation is 1. The van der Waals surface area contributed by atoms with Crippen molar-refractivity contribution >= 4 is 11.0 Å². The van der Waals surface area contributed by atoms with Crippen molar-refractivity contribution in [3.63, 3.8) is 0 Å². The summed E-state index contributed by atoms with van der Waals surface area (Å²) < 4.78 is 0. The number of hydrogen-bond donors (Lipinski definition) is 2. The maximum atomic E-state index is 9.52. The summed E-state index contributed by atoms with van der Waals surface area (Å²) in [6.07, 6.45) is 5.31. The summed E-state index contributed by atoms with van der Waals surface area (Å²) in [7, 11) is 0. The number of aromatic nitrogens is 2. The van der Waals surface area contributed by atoms with E-state index in [1.807, 2.05) is 6.92 Å². The van der Waals surface area contributed by atoms with Crippen molar-refractivity contribution in [2.45, 2.75) is 45.1 Å². The van der Waals surface area contributed by atoms with Crippen molar-refractivity contribution in [1.29, 1.82) is 0 Å². The van der Waals surface area contributed by atoms with Gasteiger partial charge in [-0.05, 0) is 62.6 Å². The molecular formula is C15H20N2O. The molecule has 0 atom stereocenters. The second-order valence-electron chi connectivity index (χ2n) is 5.55. The van der Waals surface area contributed by atoms with Gasteiger partial charge in [0.15, 0.2) is 0 Å². The summed E-state index contributed by atoms with van der Waals surface area (Å²) in [5, 5.41) is 9.52. The molecule has 18 heavy (non-hydrogen) atoms. The highest BCUT2D eigenvalue weighted by Gasteiger charge is 2.19. The number of nitrogens with zero attached hydrogens (tertiary/aromatic N) is 1. The van der Waals surface area contributed by atoms with Crippen molar-refractivity contribution in [2.75, 3.05) is 0 Å². The van der Waals surface area contributed by atoms with Crippen LogP contribution in [0.5, 0.6) is 0 Å². The lowest BCUT2D eigenvalue weighted by molar-refractivity contribution is 0.109. The Morgan fingerprint density at radius 1 is 1.28 bits per heavy atom. The Labute approximate surface area is 107 Å². The first-order chi connectivity index (χ1) is 8.70. The molecule has 0 spiro atoms. The SMILES string of the molecule is Cc1nc2ccc(CC3CCC(O)CC3)cc2[nH]1. The number of aliphatic hydroxyl groups excluding tert-OH is 1. The first-order valence-electron chi connectivity index (χ1n) is 6.84. The van der Waals surface area contributed by atoms with E-state index in [0.717, 1.165) is 54.9 Å². The third-order valence-electron chi connectivity index (χ3n) is 4.01. The Morgan fingerprint density at radius 2 is 2.06 bits per heavy atom. The number of aliphatic hydroxyl groups is 1. The maximum Gasteiger partial charge on any atom is 0.104 e. The van der Waals surface area contributed by atoms with Crippen LogP contribution >= 0.6 is 0 Å². The normalized spacial score (nSPS) is 24.6. The number of nitrogens with one attached hydrogen (secondary N) is 1. The highest BCUT2D eigenvalue weighted by atomic mass is 16.3. The summed E-state index contributed by atoms with van der Waals surface area (Å²) in [4.78, 5) is 7.71. The fourth-order valence-corrected chi connectivity index (χ4v) is 2.99. The van der Waals surface area contributed by atoms with E-state index in [1.54, 1.807) is 0 Å². The Bertz CT molecular complexity index is 538. The number of imidazole rings is 1. The predicted octanol–water partition coefficient (Wildman–Crippen LogP) is 2.96. The van der Waals surface area contributed by atoms with Crippen LogP contribution in [0.1, 0.15) is 37.1 Å². The van der Waals surface area contributed by atoms with Gasteiger partial charge in [-0.1, -0.05) is 6.07 Å². The molecule has 0 amide bonds. The molecule has 1 aromatic carbocycles. The van der Waals surface area contributed by atoms with Crippen LogP contribution in [0.25, 0.3) is 11.0 Å². The number of benzene rings is 1. The summed E-state index contributed by atoms with van der Waals surface area (Å²) in [6.45, 7) is 1.99. The molecule has 1 aliphatic carbocycles. The Morgan fingerprint density at radius 3 is 2.83 bits per heavy atom. The molecule has 0 aliphatic heterocycles. The molecule has 0 radical (unpaired) electrons. The van der Waals surface area contributed by atoms with Gasteiger partial charge in [0.2, 0.25) is 0 Å². The minimum Gasteiger partial charge on any atom is -0.393 e. The molecule has 3 nitrogen and oxygen atoms in total. The summed E-state index contributed by atoms with van der Waals surface area (Å²) >= 11 is 0. The van der Waals surface area contributed by atoms with Gasteiger partial charge in [-0.25, -0.2) is 4.98 Å². The van der Waals surface area contributed by atoms with E-state index in [4.69, 9.17) is 0 Å². The second kappa shape index (κ2) is 4.73. The minimum atomic E-state index is -0.0565. The lowest BCUT2D eigenvalue weighted by Gasteiger charge is -2.25. The molecule has 3 heteroatoms. The molecule has 2 N–H and O–H groups in total. The van der Waals surface area contributed by atoms with Crippen molar-refractivity contribution in [3.8, 4) is 0 Å². The van der Waals surface area contributed by atoms with Crippen LogP contribution < -0.4 is 0 Å². The number of H-pyrrole nitrogens is 1. The zero-order valence-corrected chi connectivity index (χ0v) is 10.8. The van der Waals surface area contributed by atoms with Gasteiger partial charge in [-0.15, -0.1) is 0 Å². The smallest absolute Gasteiger partial charge is 0.104 e. The minimum absolute atomic E-state index is 0.0565. The second-order valence-corrected chi connectivity index (χ2v) is 5.55. The largest absolute Gasteiger partial charge is 0.393 e. The fourth-order valence-electron chi connectivity index (χ4n) is 2.99. The van der Waals surface area contributed by atoms with Crippen LogP contribution in [0.4, 0.5) is 0 Å². The van der Waals surface area contributed by atoms with Gasteiger partial charge in [0.25, 0.3) is 0 Å². The molecule has 3 rings (SSSR count). The van der Waals surface area contributed by atoms with Crippen LogP contribution in [-0.2, 0) is 6.42 Å². The molecule has 1 fully saturated rings. The molecule has 0 saturated heterocycles. The van der Waals surface area contributed by atoms with Crippen LogP contribution in [0, 0.1) is 12.8 Å². The van der Waals surface area contributed by atoms with Crippen molar-refractivity contribution < 1.29 is 5.11 Å². The van der Waals surface area contributed by atoms with Gasteiger partial charge in [0, 0.05) is 0 Å². The number of rotatable bonds is 2. The lowest BCUT2D eigenvalue weighted by atomic mass is 9.83. The molecule has 1 aliphatic rings. The van der Waals surface area contributed by atoms with E-state index in [9.17, 15) is 5.11 Å². The van der Waals surface area contributed by atoms with Crippen molar-refractivity contribution in [1.82, 2.24) is 9.97 Å². The van der Waals surface area contributed by atoms with E-state index < -0.39 is 0 Å². The van der Waals surface area contributed by atoms with Gasteiger partial charge in [0.05, 0.1) is 17.1 Å². The van der Waals surface area contributed by atoms with Crippen LogP contribution in [-0.4, -0.2) is 21.2 Å². The fraction of sp³-hybridized carbons (Fsp3) is 0.533. The Hall–Kier alpha value is -1.35. The van der Waals surface area contributed by atoms with E-state index in [1.165, 1.54) is 5.56 Å². The number of fused-ring (bicyclic) bond motifs is 1. The summed E-state index contributed by atoms with van der Waals surface area (Å²) in [5.74, 6) is 1.71. The van der Waals surface area contributed by atoms with Crippen LogP contribution in [0.15, 0.2) is 18.2 Å². The molecule has 1 heterocycles. The first kappa shape index (κ1) is 11.7. The van der Waals surface area contributed by atoms with Gasteiger partial charge >= 0.3 is 0 Å². The Kier molecular flexibility index (Phi) is 3.08. The van der Waals surface area contributed by atoms with E-state index in [-0.39, 0.29) is 6.10 Å². The average molecular weight is 244 g/mol. The summed E-state index contributed by atoms with van der Waals surface area (Å²) in [6, 6.07) is 6.51. The molecule has 1 aromatic heterocycles. The molecular weight excluding hydrogens is 224 g/mol. The molecule has 2 aromatic rings. The zero-order chi connectivity index (χ0) is 12.5. The summed E-state index contributed by atoms with van der Waals surface area (Å²) in [5.41, 5.74) is 3.57. The zero-order valence-electron chi connectivity index (χ0n) is 10.8. The predicted molar refractivity (Wildman–Crippen MR) is 72.5 cm³/mol. The monoisotopic (exact) mass is 244 g/mol. The van der Waals surface area contributed by atoms with E-state index >= 15 is 0 Å². The standard InChI is InChI=1S/C15H20N2O/c1-10-16-14-7-4-12(9-15(14)17-10)8-11-2-5-13(18)6-3-11/h4,7,9,11,13,18H,2-3,5-6,8H2,1H3,(H,16,17). The van der Waals surface area contributed by atoms with Gasteiger partial charge < -0.3 is 10.1 Å². The third kappa shape index (κ3) is 2.41.